The van der Waals surface area contributed by atoms with Crippen molar-refractivity contribution in [2.45, 2.75) is 88.0 Å². The van der Waals surface area contributed by atoms with Crippen LogP contribution in [0.5, 0.6) is 0 Å². The van der Waals surface area contributed by atoms with E-state index in [4.69, 9.17) is 4.79 Å². The molecule has 202 valence electrons. The van der Waals surface area contributed by atoms with Crippen LogP contribution < -0.4 is 0 Å². The molecule has 0 spiro atoms. The SMILES string of the molecule is C=CC(=C\C=C(/C)C(=C)/C=C(/C)c1ccccc1C)/C(C)=C/C=C(C)\C=C/C.CC=O.CCCCCC. The molecule has 37 heavy (non-hydrogen) atoms. The Morgan fingerprint density at radius 3 is 1.89 bits per heavy atom. The molecule has 0 aliphatic heterocycles. The minimum Gasteiger partial charge on any atom is -0.304 e. The molecule has 1 nitrogen and oxygen atoms in total. The Balaban J connectivity index is 0. The first-order valence-electron chi connectivity index (χ1n) is 13.5. The van der Waals surface area contributed by atoms with Gasteiger partial charge < -0.3 is 4.79 Å². The van der Waals surface area contributed by atoms with Gasteiger partial charge in [-0.25, -0.2) is 0 Å². The molecule has 0 unspecified atom stereocenters. The van der Waals surface area contributed by atoms with Gasteiger partial charge in [0.15, 0.2) is 0 Å². The Labute approximate surface area is 229 Å². The van der Waals surface area contributed by atoms with Gasteiger partial charge in [-0.05, 0) is 87.5 Å². The molecular weight excluding hydrogens is 448 g/mol. The molecule has 0 saturated heterocycles. The minimum absolute atomic E-state index is 0.750. The topological polar surface area (TPSA) is 17.1 Å². The van der Waals surface area contributed by atoms with Crippen LogP contribution >= 0.6 is 0 Å². The highest BCUT2D eigenvalue weighted by Crippen LogP contribution is 2.22. The molecule has 0 amide bonds. The third-order valence-corrected chi connectivity index (χ3v) is 5.64. The number of rotatable bonds is 11. The summed E-state index contributed by atoms with van der Waals surface area (Å²) in [6.07, 6.45) is 22.9. The number of hydrogen-bond donors (Lipinski definition) is 0. The number of carbonyl (C=O) groups excluding carboxylic acids is 1. The Morgan fingerprint density at radius 2 is 1.41 bits per heavy atom. The van der Waals surface area contributed by atoms with E-state index in [0.717, 1.165) is 23.0 Å². The zero-order valence-corrected chi connectivity index (χ0v) is 25.2. The lowest BCUT2D eigenvalue weighted by Gasteiger charge is -2.08. The first-order chi connectivity index (χ1) is 17.6. The summed E-state index contributed by atoms with van der Waals surface area (Å²) in [4.78, 5) is 8.81. The molecule has 1 rings (SSSR count). The molecule has 0 radical (unpaired) electrons. The lowest BCUT2D eigenvalue weighted by Crippen LogP contribution is -1.87. The Bertz CT molecular complexity index is 999. The summed E-state index contributed by atoms with van der Waals surface area (Å²) in [6, 6.07) is 8.43. The van der Waals surface area contributed by atoms with Crippen molar-refractivity contribution in [2.75, 3.05) is 0 Å². The molecule has 0 atom stereocenters. The quantitative estimate of drug-likeness (QED) is 0.168. The second kappa shape index (κ2) is 23.2. The number of aldehydes is 1. The maximum Gasteiger partial charge on any atom is 0.116 e. The molecule has 0 aliphatic rings. The molecule has 0 aliphatic carbocycles. The van der Waals surface area contributed by atoms with E-state index in [1.807, 2.05) is 19.1 Å². The maximum absolute atomic E-state index is 8.81. The van der Waals surface area contributed by atoms with Crippen LogP contribution in [0.25, 0.3) is 5.57 Å². The third kappa shape index (κ3) is 17.8. The molecule has 0 aromatic heterocycles. The van der Waals surface area contributed by atoms with E-state index in [1.54, 1.807) is 0 Å². The summed E-state index contributed by atoms with van der Waals surface area (Å²) in [5.41, 5.74) is 9.44. The Morgan fingerprint density at radius 1 is 0.865 bits per heavy atom. The number of allylic oxidation sites excluding steroid dienone is 14. The summed E-state index contributed by atoms with van der Waals surface area (Å²) < 4.78 is 0. The van der Waals surface area contributed by atoms with Gasteiger partial charge in [0, 0.05) is 0 Å². The highest BCUT2D eigenvalue weighted by Gasteiger charge is 2.01. The molecule has 0 fully saturated rings. The fraction of sp³-hybridized carbons (Fsp3) is 0.361. The summed E-state index contributed by atoms with van der Waals surface area (Å²) in [5, 5.41) is 0. The van der Waals surface area contributed by atoms with Crippen LogP contribution in [0.4, 0.5) is 0 Å². The molecule has 1 aromatic rings. The first kappa shape index (κ1) is 36.0. The van der Waals surface area contributed by atoms with Crippen LogP contribution in [-0.4, -0.2) is 6.29 Å². The fourth-order valence-corrected chi connectivity index (χ4v) is 3.32. The van der Waals surface area contributed by atoms with Gasteiger partial charge in [-0.3, -0.25) is 0 Å². The van der Waals surface area contributed by atoms with Crippen LogP contribution in [0.15, 0.2) is 114 Å². The van der Waals surface area contributed by atoms with Crippen molar-refractivity contribution in [3.05, 3.63) is 125 Å². The van der Waals surface area contributed by atoms with Gasteiger partial charge >= 0.3 is 0 Å². The Kier molecular flexibility index (Phi) is 22.6. The number of benzene rings is 1. The molecule has 0 heterocycles. The zero-order chi connectivity index (χ0) is 28.6. The lowest BCUT2D eigenvalue weighted by atomic mass is 9.98. The lowest BCUT2D eigenvalue weighted by molar-refractivity contribution is -0.106. The predicted octanol–water partition coefficient (Wildman–Crippen LogP) is 11.3. The van der Waals surface area contributed by atoms with Crippen molar-refractivity contribution in [1.82, 2.24) is 0 Å². The average Bonchev–Trinajstić information content (AvgIpc) is 2.87. The van der Waals surface area contributed by atoms with Gasteiger partial charge in [0.1, 0.15) is 6.29 Å². The third-order valence-electron chi connectivity index (χ3n) is 5.64. The van der Waals surface area contributed by atoms with E-state index >= 15 is 0 Å². The van der Waals surface area contributed by atoms with Gasteiger partial charge in [0.2, 0.25) is 0 Å². The van der Waals surface area contributed by atoms with Crippen molar-refractivity contribution < 1.29 is 4.79 Å². The number of unbranched alkanes of at least 4 members (excludes halogenated alkanes) is 3. The van der Waals surface area contributed by atoms with Crippen molar-refractivity contribution in [3.8, 4) is 0 Å². The van der Waals surface area contributed by atoms with E-state index in [1.165, 1.54) is 60.5 Å². The van der Waals surface area contributed by atoms with Crippen LogP contribution in [0, 0.1) is 6.92 Å². The number of hydrogen-bond acceptors (Lipinski definition) is 1. The number of carbonyl (C=O) groups is 1. The monoisotopic (exact) mass is 500 g/mol. The van der Waals surface area contributed by atoms with E-state index in [-0.39, 0.29) is 0 Å². The fourth-order valence-electron chi connectivity index (χ4n) is 3.32. The van der Waals surface area contributed by atoms with Gasteiger partial charge in [0.25, 0.3) is 0 Å². The second-order valence-electron chi connectivity index (χ2n) is 9.05. The summed E-state index contributed by atoms with van der Waals surface area (Å²) in [7, 11) is 0. The van der Waals surface area contributed by atoms with Crippen LogP contribution in [0.1, 0.15) is 92.2 Å². The standard InChI is InChI=1S/C28H34.C6H14.C2H4O/c1-9-13-21(3)16-17-23(5)27(10-2)19-18-22(4)25(7)20-26(8)28-15-12-11-14-24(28)6;1-3-5-6-4-2;1-2-3/h9-20H,2,7H2,1,3-6,8H3;3-6H2,1-2H3;2H,1H3/b13-9-,21-16-,22-18+,23-17+,26-20-,27-19+;;. The summed E-state index contributed by atoms with van der Waals surface area (Å²) in [6.45, 7) is 26.7. The highest BCUT2D eigenvalue weighted by atomic mass is 16.1. The van der Waals surface area contributed by atoms with E-state index in [2.05, 4.69) is 122 Å². The van der Waals surface area contributed by atoms with E-state index < -0.39 is 0 Å². The van der Waals surface area contributed by atoms with Gasteiger partial charge in [0.05, 0.1) is 0 Å². The second-order valence-corrected chi connectivity index (χ2v) is 9.05. The van der Waals surface area contributed by atoms with Crippen LogP contribution in [-0.2, 0) is 4.79 Å². The zero-order valence-electron chi connectivity index (χ0n) is 25.2. The molecule has 0 bridgehead atoms. The molecule has 1 heteroatoms. The normalized spacial score (nSPS) is 12.8. The maximum atomic E-state index is 8.81. The van der Waals surface area contributed by atoms with Crippen molar-refractivity contribution in [3.63, 3.8) is 0 Å². The van der Waals surface area contributed by atoms with Crippen molar-refractivity contribution in [2.24, 2.45) is 0 Å². The predicted molar refractivity (Wildman–Crippen MR) is 170 cm³/mol. The molecule has 0 saturated carbocycles. The summed E-state index contributed by atoms with van der Waals surface area (Å²) >= 11 is 0. The van der Waals surface area contributed by atoms with E-state index in [9.17, 15) is 0 Å². The van der Waals surface area contributed by atoms with Gasteiger partial charge in [-0.15, -0.1) is 0 Å². The number of aryl methyl sites for hydroxylation is 1. The van der Waals surface area contributed by atoms with Crippen LogP contribution in [0.3, 0.4) is 0 Å². The first-order valence-corrected chi connectivity index (χ1v) is 13.5. The summed E-state index contributed by atoms with van der Waals surface area (Å²) in [5.74, 6) is 0. The highest BCUT2D eigenvalue weighted by molar-refractivity contribution is 5.70. The van der Waals surface area contributed by atoms with Gasteiger partial charge in [-0.1, -0.05) is 131 Å². The van der Waals surface area contributed by atoms with Crippen molar-refractivity contribution >= 4 is 11.9 Å². The molecule has 0 N–H and O–H groups in total. The minimum atomic E-state index is 0.750. The Hall–Kier alpha value is -3.19. The van der Waals surface area contributed by atoms with Crippen molar-refractivity contribution in [1.29, 1.82) is 0 Å². The largest absolute Gasteiger partial charge is 0.304 e. The molecule has 1 aromatic carbocycles. The average molecular weight is 501 g/mol. The van der Waals surface area contributed by atoms with E-state index in [0.29, 0.717) is 0 Å². The molecular formula is C36H52O. The van der Waals surface area contributed by atoms with Gasteiger partial charge in [-0.2, -0.15) is 0 Å². The smallest absolute Gasteiger partial charge is 0.116 e. The van der Waals surface area contributed by atoms with Crippen LogP contribution in [0.2, 0.25) is 0 Å².